The molecular formula is C52H44Co2N8-8. The van der Waals surface area contributed by atoms with Crippen LogP contribution in [0, 0.1) is 13.8 Å². The molecule has 10 heteroatoms. The molecule has 8 nitrogen and oxygen atoms in total. The number of hydrogen-bond acceptors (Lipinski definition) is 0. The molecule has 0 spiro atoms. The van der Waals surface area contributed by atoms with Crippen molar-refractivity contribution < 1.29 is 33.6 Å². The van der Waals surface area contributed by atoms with E-state index >= 15 is 0 Å². The van der Waals surface area contributed by atoms with Crippen molar-refractivity contribution in [3.63, 3.8) is 0 Å². The minimum Gasteiger partial charge on any atom is -0.687 e. The number of nitrogens with zero attached hydrogens (tertiary/aromatic N) is 8. The summed E-state index contributed by atoms with van der Waals surface area (Å²) in [4.78, 5) is 0. The largest absolute Gasteiger partial charge is 0.687 e. The first kappa shape index (κ1) is 46.2. The van der Waals surface area contributed by atoms with E-state index in [9.17, 15) is 0 Å². The second-order valence-corrected chi connectivity index (χ2v) is 13.9. The second kappa shape index (κ2) is 23.2. The van der Waals surface area contributed by atoms with E-state index in [-0.39, 0.29) is 33.6 Å². The van der Waals surface area contributed by atoms with E-state index in [2.05, 4.69) is 80.6 Å². The summed E-state index contributed by atoms with van der Waals surface area (Å²) in [6, 6.07) is 63.6. The molecule has 0 aliphatic carbocycles. The normalized spacial score (nSPS) is 10.0. The van der Waals surface area contributed by atoms with Crippen LogP contribution in [0.2, 0.25) is 0 Å². The molecule has 8 aromatic carbocycles. The molecule has 62 heavy (non-hydrogen) atoms. The van der Waals surface area contributed by atoms with E-state index in [0.29, 0.717) is 0 Å². The third-order valence-electron chi connectivity index (χ3n) is 9.23. The fourth-order valence-electron chi connectivity index (χ4n) is 5.89. The summed E-state index contributed by atoms with van der Waals surface area (Å²) in [6.07, 6.45) is 0. The average Bonchev–Trinajstić information content (AvgIpc) is 3.29. The summed E-state index contributed by atoms with van der Waals surface area (Å²) in [7, 11) is 3.56. The van der Waals surface area contributed by atoms with Gasteiger partial charge >= 0.3 is 0 Å². The SMILES string of the molecule is C[N-]c1ccc([N-]c2ccc([N-]c3ccc([N-]c4ccc(C)cc4)cc3)cc2)cc1.C[N-]c1ccc([N-]c2ccc([N-]c3ccc([N-]c4ccc(C)cc4)cc3)cc2)cc1.[Co].[Co]. The zero-order valence-corrected chi connectivity index (χ0v) is 36.8. The van der Waals surface area contributed by atoms with Crippen LogP contribution in [0.3, 0.4) is 0 Å². The van der Waals surface area contributed by atoms with Crippen molar-refractivity contribution in [2.24, 2.45) is 0 Å². The number of aryl methyl sites for hydroxylation is 2. The van der Waals surface area contributed by atoms with Crippen molar-refractivity contribution in [2.75, 3.05) is 14.1 Å². The van der Waals surface area contributed by atoms with Gasteiger partial charge in [0.2, 0.25) is 0 Å². The Morgan fingerprint density at radius 2 is 0.306 bits per heavy atom. The van der Waals surface area contributed by atoms with E-state index in [0.717, 1.165) is 79.6 Å². The van der Waals surface area contributed by atoms with E-state index in [1.807, 2.05) is 170 Å². The smallest absolute Gasteiger partial charge is 0 e. The topological polar surface area (TPSA) is 113 Å². The Balaban J connectivity index is 0.000000227. The van der Waals surface area contributed by atoms with Crippen molar-refractivity contribution in [3.05, 3.63) is 248 Å². The molecule has 0 heterocycles. The number of rotatable bonds is 14. The molecule has 0 atom stereocenters. The Morgan fingerprint density at radius 1 is 0.194 bits per heavy atom. The predicted octanol–water partition coefficient (Wildman–Crippen LogP) is 19.3. The van der Waals surface area contributed by atoms with Gasteiger partial charge in [-0.05, 0) is 13.8 Å². The minimum atomic E-state index is 0. The van der Waals surface area contributed by atoms with Gasteiger partial charge in [-0.15, -0.1) is 93.7 Å². The predicted molar refractivity (Wildman–Crippen MR) is 255 cm³/mol. The van der Waals surface area contributed by atoms with Crippen LogP contribution in [0.15, 0.2) is 194 Å². The van der Waals surface area contributed by atoms with Crippen molar-refractivity contribution >= 4 is 79.6 Å². The zero-order chi connectivity index (χ0) is 41.5. The summed E-state index contributed by atoms with van der Waals surface area (Å²) >= 11 is 0. The van der Waals surface area contributed by atoms with E-state index in [1.54, 1.807) is 14.1 Å². The van der Waals surface area contributed by atoms with Crippen LogP contribution in [-0.4, -0.2) is 14.1 Å². The Hall–Kier alpha value is -6.83. The van der Waals surface area contributed by atoms with Gasteiger partial charge in [-0.2, -0.15) is 0 Å². The fourth-order valence-corrected chi connectivity index (χ4v) is 5.89. The van der Waals surface area contributed by atoms with Gasteiger partial charge in [0.1, 0.15) is 0 Å². The third kappa shape index (κ3) is 14.1. The standard InChI is InChI=1S/2C26H22N4.2Co/c2*1-19-3-5-21(6-4-19)28-23-11-13-25(14-12-23)30-26-17-15-24(16-18-26)29-22-9-7-20(27-2)8-10-22;;/h2*3-18H,1-2H3;;/q2*-4;;. The maximum atomic E-state index is 4.68. The third-order valence-corrected chi connectivity index (χ3v) is 9.23. The van der Waals surface area contributed by atoms with Crippen LogP contribution in [0.1, 0.15) is 11.1 Å². The average molecular weight is 899 g/mol. The molecule has 0 fully saturated rings. The van der Waals surface area contributed by atoms with Gasteiger partial charge < -0.3 is 42.5 Å². The summed E-state index contributed by atoms with van der Waals surface area (Å²) in [5, 5.41) is 36.1. The van der Waals surface area contributed by atoms with Crippen molar-refractivity contribution in [1.29, 1.82) is 0 Å². The van der Waals surface area contributed by atoms with E-state index in [4.69, 9.17) is 0 Å². The monoisotopic (exact) mass is 898 g/mol. The molecular weight excluding hydrogens is 854 g/mol. The van der Waals surface area contributed by atoms with Gasteiger partial charge in [-0.3, -0.25) is 0 Å². The molecule has 8 rings (SSSR count). The molecule has 0 saturated heterocycles. The summed E-state index contributed by atoms with van der Waals surface area (Å²) in [6.45, 7) is 4.14. The Labute approximate surface area is 386 Å². The van der Waals surface area contributed by atoms with Crippen LogP contribution in [-0.2, 0) is 33.6 Å². The zero-order valence-electron chi connectivity index (χ0n) is 34.7. The molecule has 0 aliphatic heterocycles. The Morgan fingerprint density at radius 3 is 0.435 bits per heavy atom. The van der Waals surface area contributed by atoms with E-state index in [1.165, 1.54) is 11.1 Å². The molecule has 318 valence electrons. The molecule has 0 bridgehead atoms. The summed E-state index contributed by atoms with van der Waals surface area (Å²) in [5.41, 5.74) is 15.2. The molecule has 0 amide bonds. The van der Waals surface area contributed by atoms with Gasteiger partial charge in [0.15, 0.2) is 0 Å². The van der Waals surface area contributed by atoms with E-state index < -0.39 is 0 Å². The molecule has 0 saturated carbocycles. The first-order valence-corrected chi connectivity index (χ1v) is 19.6. The van der Waals surface area contributed by atoms with Gasteiger partial charge in [0, 0.05) is 33.6 Å². The van der Waals surface area contributed by atoms with Gasteiger partial charge in [-0.25, -0.2) is 0 Å². The van der Waals surface area contributed by atoms with Crippen molar-refractivity contribution in [2.45, 2.75) is 13.8 Å². The molecule has 8 aromatic rings. The van der Waals surface area contributed by atoms with Crippen molar-refractivity contribution in [1.82, 2.24) is 0 Å². The number of hydrogen-bond donors (Lipinski definition) is 0. The maximum Gasteiger partial charge on any atom is 0 e. The first-order valence-electron chi connectivity index (χ1n) is 19.6. The van der Waals surface area contributed by atoms with Crippen LogP contribution in [0.4, 0.5) is 79.6 Å². The summed E-state index contributed by atoms with van der Waals surface area (Å²) in [5.74, 6) is 0. The molecule has 0 N–H and O–H groups in total. The van der Waals surface area contributed by atoms with Gasteiger partial charge in [-0.1, -0.05) is 205 Å². The van der Waals surface area contributed by atoms with Gasteiger partial charge in [0.05, 0.1) is 0 Å². The molecule has 2 radical (unpaired) electrons. The second-order valence-electron chi connectivity index (χ2n) is 13.9. The van der Waals surface area contributed by atoms with Crippen LogP contribution < -0.4 is 0 Å². The van der Waals surface area contributed by atoms with Gasteiger partial charge in [0.25, 0.3) is 0 Å². The maximum absolute atomic E-state index is 4.68. The van der Waals surface area contributed by atoms with Crippen LogP contribution in [0.25, 0.3) is 42.5 Å². The molecule has 0 aromatic heterocycles. The number of benzene rings is 8. The Bertz CT molecular complexity index is 2330. The minimum absolute atomic E-state index is 0. The molecule has 0 aliphatic rings. The van der Waals surface area contributed by atoms with Crippen LogP contribution >= 0.6 is 0 Å². The first-order chi connectivity index (χ1) is 29.3. The quantitative estimate of drug-likeness (QED) is 0.103. The Kier molecular flexibility index (Phi) is 17.3. The summed E-state index contributed by atoms with van der Waals surface area (Å²) < 4.78 is 0. The fraction of sp³-hybridized carbons (Fsp3) is 0.0769. The van der Waals surface area contributed by atoms with Crippen molar-refractivity contribution in [3.8, 4) is 0 Å². The molecule has 0 unspecified atom stereocenters. The van der Waals surface area contributed by atoms with Crippen LogP contribution in [0.5, 0.6) is 0 Å².